The minimum absolute atomic E-state index is 0.348. The van der Waals surface area contributed by atoms with Gasteiger partial charge in [-0.05, 0) is 24.6 Å². The van der Waals surface area contributed by atoms with Crippen LogP contribution in [0.2, 0.25) is 5.02 Å². The van der Waals surface area contributed by atoms with E-state index in [9.17, 15) is 9.59 Å². The van der Waals surface area contributed by atoms with E-state index < -0.39 is 11.9 Å². The number of hydrogen-bond donors (Lipinski definition) is 1. The fraction of sp³-hybridized carbons (Fsp3) is 0.273. The summed E-state index contributed by atoms with van der Waals surface area (Å²) in [6, 6.07) is 6.84. The van der Waals surface area contributed by atoms with E-state index >= 15 is 0 Å². The van der Waals surface area contributed by atoms with Crippen molar-refractivity contribution in [3.63, 3.8) is 0 Å². The maximum absolute atomic E-state index is 11.8. The topological polar surface area (TPSA) is 57.6 Å². The lowest BCUT2D eigenvalue weighted by molar-refractivity contribution is -0.144. The quantitative estimate of drug-likeness (QED) is 0.801. The Labute approximate surface area is 97.4 Å². The molecule has 1 aliphatic rings. The molecule has 1 heterocycles. The minimum atomic E-state index is -1.06. The van der Waals surface area contributed by atoms with Gasteiger partial charge in [-0.15, -0.1) is 0 Å². The van der Waals surface area contributed by atoms with Crippen molar-refractivity contribution in [2.24, 2.45) is 5.92 Å². The molecule has 84 valence electrons. The molecule has 5 heteroatoms. The van der Waals surface area contributed by atoms with Gasteiger partial charge in [0.2, 0.25) is 5.91 Å². The van der Waals surface area contributed by atoms with Gasteiger partial charge in [0, 0.05) is 17.3 Å². The van der Waals surface area contributed by atoms with Gasteiger partial charge in [0.1, 0.15) is 5.92 Å². The number of carbonyl (C=O) groups excluding carboxylic acids is 1. The van der Waals surface area contributed by atoms with Gasteiger partial charge < -0.3 is 10.0 Å². The van der Waals surface area contributed by atoms with E-state index in [0.29, 0.717) is 23.7 Å². The Kier molecular flexibility index (Phi) is 2.83. The van der Waals surface area contributed by atoms with Crippen molar-refractivity contribution in [3.05, 3.63) is 29.3 Å². The normalized spacial score (nSPS) is 20.2. The van der Waals surface area contributed by atoms with Crippen LogP contribution < -0.4 is 4.90 Å². The third-order valence-electron chi connectivity index (χ3n) is 2.62. The van der Waals surface area contributed by atoms with Crippen molar-refractivity contribution in [2.75, 3.05) is 11.4 Å². The Bertz CT molecular complexity index is 447. The molecule has 1 atom stereocenters. The second kappa shape index (κ2) is 4.14. The molecule has 0 spiro atoms. The van der Waals surface area contributed by atoms with E-state index in [1.807, 2.05) is 0 Å². The molecule has 2 rings (SSSR count). The number of amides is 1. The van der Waals surface area contributed by atoms with Crippen LogP contribution in [0, 0.1) is 5.92 Å². The Morgan fingerprint density at radius 3 is 2.81 bits per heavy atom. The largest absolute Gasteiger partial charge is 0.481 e. The molecule has 1 N–H and O–H groups in total. The van der Waals surface area contributed by atoms with Crippen LogP contribution >= 0.6 is 11.6 Å². The van der Waals surface area contributed by atoms with E-state index in [-0.39, 0.29) is 5.91 Å². The number of carboxylic acids is 1. The Morgan fingerprint density at radius 2 is 2.25 bits per heavy atom. The number of aliphatic carboxylic acids is 1. The number of nitrogens with zero attached hydrogens (tertiary/aromatic N) is 1. The van der Waals surface area contributed by atoms with Gasteiger partial charge in [0.15, 0.2) is 0 Å². The highest BCUT2D eigenvalue weighted by Gasteiger charge is 2.37. The van der Waals surface area contributed by atoms with Gasteiger partial charge in [0.25, 0.3) is 0 Å². The summed E-state index contributed by atoms with van der Waals surface area (Å²) in [5.74, 6) is -2.34. The molecule has 1 amide bonds. The molecule has 4 nitrogen and oxygen atoms in total. The molecule has 0 aliphatic carbocycles. The molecular formula is C11H10ClNO3. The number of carboxylic acid groups (broad SMARTS) is 1. The average Bonchev–Trinajstić information content (AvgIpc) is 2.60. The first kappa shape index (κ1) is 11.0. The van der Waals surface area contributed by atoms with Crippen molar-refractivity contribution in [2.45, 2.75) is 6.42 Å². The summed E-state index contributed by atoms with van der Waals surface area (Å²) in [5, 5.41) is 9.36. The standard InChI is InChI=1S/C11H10ClNO3/c12-7-2-1-3-8(6-7)13-5-4-9(10(13)14)11(15)16/h1-3,6,9H,4-5H2,(H,15,16)/t9-/m1/s1. The first-order valence-corrected chi connectivity index (χ1v) is 5.27. The molecule has 1 fully saturated rings. The lowest BCUT2D eigenvalue weighted by atomic mass is 10.1. The smallest absolute Gasteiger partial charge is 0.316 e. The minimum Gasteiger partial charge on any atom is -0.481 e. The molecule has 16 heavy (non-hydrogen) atoms. The third kappa shape index (κ3) is 1.88. The zero-order valence-corrected chi connectivity index (χ0v) is 9.15. The molecule has 1 aromatic rings. The van der Waals surface area contributed by atoms with Crippen LogP contribution in [0.5, 0.6) is 0 Å². The van der Waals surface area contributed by atoms with Crippen LogP contribution in [0.1, 0.15) is 6.42 Å². The average molecular weight is 240 g/mol. The number of hydrogen-bond acceptors (Lipinski definition) is 2. The van der Waals surface area contributed by atoms with E-state index in [1.165, 1.54) is 4.90 Å². The summed E-state index contributed by atoms with van der Waals surface area (Å²) in [5.41, 5.74) is 0.654. The van der Waals surface area contributed by atoms with Gasteiger partial charge in [-0.1, -0.05) is 17.7 Å². The fourth-order valence-corrected chi connectivity index (χ4v) is 1.99. The van der Waals surface area contributed by atoms with Crippen molar-refractivity contribution >= 4 is 29.2 Å². The number of rotatable bonds is 2. The van der Waals surface area contributed by atoms with E-state index in [2.05, 4.69) is 0 Å². The number of halogens is 1. The number of anilines is 1. The van der Waals surface area contributed by atoms with Crippen LogP contribution in [0.3, 0.4) is 0 Å². The molecule has 0 bridgehead atoms. The summed E-state index contributed by atoms with van der Waals surface area (Å²) >= 11 is 5.82. The maximum atomic E-state index is 11.8. The van der Waals surface area contributed by atoms with Crippen LogP contribution in [0.15, 0.2) is 24.3 Å². The molecule has 0 aromatic heterocycles. The molecule has 1 aromatic carbocycles. The van der Waals surface area contributed by atoms with Crippen molar-refractivity contribution < 1.29 is 14.7 Å². The summed E-state index contributed by atoms with van der Waals surface area (Å²) in [6.07, 6.45) is 0.348. The molecule has 1 aliphatic heterocycles. The van der Waals surface area contributed by atoms with Crippen molar-refractivity contribution in [1.82, 2.24) is 0 Å². The first-order valence-electron chi connectivity index (χ1n) is 4.89. The monoisotopic (exact) mass is 239 g/mol. The maximum Gasteiger partial charge on any atom is 0.316 e. The number of benzene rings is 1. The molecule has 0 saturated carbocycles. The van der Waals surface area contributed by atoms with Crippen LogP contribution in [-0.2, 0) is 9.59 Å². The molecule has 0 radical (unpaired) electrons. The van der Waals surface area contributed by atoms with E-state index in [1.54, 1.807) is 24.3 Å². The lowest BCUT2D eigenvalue weighted by Crippen LogP contribution is -2.30. The molecule has 1 saturated heterocycles. The third-order valence-corrected chi connectivity index (χ3v) is 2.86. The molecular weight excluding hydrogens is 230 g/mol. The first-order chi connectivity index (χ1) is 7.59. The lowest BCUT2D eigenvalue weighted by Gasteiger charge is -2.16. The Morgan fingerprint density at radius 1 is 1.50 bits per heavy atom. The van der Waals surface area contributed by atoms with Crippen LogP contribution in [-0.4, -0.2) is 23.5 Å². The van der Waals surface area contributed by atoms with Gasteiger partial charge in [-0.2, -0.15) is 0 Å². The highest BCUT2D eigenvalue weighted by Crippen LogP contribution is 2.27. The summed E-state index contributed by atoms with van der Waals surface area (Å²) in [4.78, 5) is 24.0. The van der Waals surface area contributed by atoms with Crippen molar-refractivity contribution in [1.29, 1.82) is 0 Å². The second-order valence-corrected chi connectivity index (χ2v) is 4.09. The SMILES string of the molecule is O=C(O)[C@@H]1CCN(c2cccc(Cl)c2)C1=O. The zero-order valence-electron chi connectivity index (χ0n) is 8.39. The van der Waals surface area contributed by atoms with Gasteiger partial charge in [-0.3, -0.25) is 9.59 Å². The highest BCUT2D eigenvalue weighted by atomic mass is 35.5. The van der Waals surface area contributed by atoms with Gasteiger partial charge in [0.05, 0.1) is 0 Å². The van der Waals surface area contributed by atoms with Crippen LogP contribution in [0.4, 0.5) is 5.69 Å². The van der Waals surface area contributed by atoms with Gasteiger partial charge >= 0.3 is 5.97 Å². The van der Waals surface area contributed by atoms with E-state index in [4.69, 9.17) is 16.7 Å². The predicted molar refractivity (Wildman–Crippen MR) is 59.5 cm³/mol. The van der Waals surface area contributed by atoms with E-state index in [0.717, 1.165) is 0 Å². The predicted octanol–water partition coefficient (Wildman–Crippen LogP) is 1.78. The van der Waals surface area contributed by atoms with Crippen molar-refractivity contribution in [3.8, 4) is 0 Å². The molecule has 0 unspecified atom stereocenters. The summed E-state index contributed by atoms with van der Waals surface area (Å²) < 4.78 is 0. The Balaban J connectivity index is 2.25. The Hall–Kier alpha value is -1.55. The fourth-order valence-electron chi connectivity index (χ4n) is 1.81. The zero-order chi connectivity index (χ0) is 11.7. The van der Waals surface area contributed by atoms with Crippen LogP contribution in [0.25, 0.3) is 0 Å². The summed E-state index contributed by atoms with van der Waals surface area (Å²) in [6.45, 7) is 0.427. The van der Waals surface area contributed by atoms with Gasteiger partial charge in [-0.25, -0.2) is 0 Å². The number of carbonyl (C=O) groups is 2. The highest BCUT2D eigenvalue weighted by molar-refractivity contribution is 6.31. The second-order valence-electron chi connectivity index (χ2n) is 3.65. The summed E-state index contributed by atoms with van der Waals surface area (Å²) in [7, 11) is 0.